The minimum absolute atomic E-state index is 0.159. The number of nitrogens with one attached hydrogen (secondary N) is 3. The van der Waals surface area contributed by atoms with Crippen molar-refractivity contribution in [2.45, 2.75) is 31.4 Å². The lowest BCUT2D eigenvalue weighted by atomic mass is 9.82. The molecule has 3 amide bonds. The van der Waals surface area contributed by atoms with Crippen molar-refractivity contribution in [3.8, 4) is 0 Å². The van der Waals surface area contributed by atoms with Crippen LogP contribution in [0.5, 0.6) is 0 Å². The topological polar surface area (TPSA) is 112 Å². The molecule has 0 aromatic heterocycles. The van der Waals surface area contributed by atoms with Crippen molar-refractivity contribution < 1.29 is 23.5 Å². The molecular formula is C19H22BrClFN5O4. The molecule has 0 aliphatic carbocycles. The fraction of sp³-hybridized carbons (Fsp3) is 0.474. The maximum atomic E-state index is 13.8. The Hall–Kier alpha value is -2.24. The molecule has 0 radical (unpaired) electrons. The van der Waals surface area contributed by atoms with Crippen LogP contribution in [0.2, 0.25) is 5.02 Å². The van der Waals surface area contributed by atoms with Crippen molar-refractivity contribution in [3.05, 3.63) is 33.0 Å². The van der Waals surface area contributed by atoms with Gasteiger partial charge in [0.15, 0.2) is 5.60 Å². The van der Waals surface area contributed by atoms with Crippen LogP contribution in [0, 0.1) is 5.82 Å². The Balaban J connectivity index is 1.72. The predicted molar refractivity (Wildman–Crippen MR) is 115 cm³/mol. The van der Waals surface area contributed by atoms with Crippen LogP contribution in [-0.2, 0) is 14.3 Å². The molecule has 0 saturated carbocycles. The summed E-state index contributed by atoms with van der Waals surface area (Å²) in [7, 11) is 1.39. The van der Waals surface area contributed by atoms with E-state index in [1.165, 1.54) is 19.2 Å². The number of piperidine rings is 1. The summed E-state index contributed by atoms with van der Waals surface area (Å²) in [6, 6.07) is 2.44. The van der Waals surface area contributed by atoms with E-state index < -0.39 is 29.3 Å². The highest BCUT2D eigenvalue weighted by Gasteiger charge is 2.46. The predicted octanol–water partition coefficient (Wildman–Crippen LogP) is 1.77. The van der Waals surface area contributed by atoms with Crippen LogP contribution in [-0.4, -0.2) is 66.8 Å². The first-order chi connectivity index (χ1) is 14.6. The van der Waals surface area contributed by atoms with E-state index >= 15 is 0 Å². The van der Waals surface area contributed by atoms with Crippen LogP contribution in [0.25, 0.3) is 0 Å². The average molecular weight is 519 g/mol. The standard InChI is InChI=1S/C19H22BrClFN5O4/c1-10(24-17(29)16(28)23-2)9-27-5-3-19(4-6-27)15(25-26-18(30)31-19)11-7-12(20)14(22)8-13(11)21/h7-8,10H,3-6,9H2,1-2H3,(H,23,28)(H,24,29)(H,26,30)/t10-/m0/s1. The van der Waals surface area contributed by atoms with Crippen molar-refractivity contribution >= 4 is 51.2 Å². The molecule has 1 saturated heterocycles. The molecule has 2 aliphatic heterocycles. The summed E-state index contributed by atoms with van der Waals surface area (Å²) in [6.45, 7) is 3.41. The fourth-order valence-electron chi connectivity index (χ4n) is 3.73. The number of nitrogens with zero attached hydrogens (tertiary/aromatic N) is 2. The molecule has 3 N–H and O–H groups in total. The first-order valence-corrected chi connectivity index (χ1v) is 10.8. The second kappa shape index (κ2) is 9.49. The van der Waals surface area contributed by atoms with Crippen LogP contribution in [0.1, 0.15) is 25.3 Å². The smallest absolute Gasteiger partial charge is 0.428 e. The molecule has 2 aliphatic rings. The van der Waals surface area contributed by atoms with Gasteiger partial charge in [0, 0.05) is 51.1 Å². The van der Waals surface area contributed by atoms with Gasteiger partial charge in [-0.1, -0.05) is 11.6 Å². The highest BCUT2D eigenvalue weighted by molar-refractivity contribution is 9.10. The molecule has 1 aromatic carbocycles. The quantitative estimate of drug-likeness (QED) is 0.415. The van der Waals surface area contributed by atoms with Crippen LogP contribution in [0.3, 0.4) is 0 Å². The third kappa shape index (κ3) is 5.16. The average Bonchev–Trinajstić information content (AvgIpc) is 2.72. The number of carbonyl (C=O) groups is 3. The van der Waals surface area contributed by atoms with Crippen LogP contribution in [0.4, 0.5) is 9.18 Å². The van der Waals surface area contributed by atoms with Crippen LogP contribution in [0.15, 0.2) is 21.7 Å². The molecule has 1 aromatic rings. The molecule has 1 fully saturated rings. The van der Waals surface area contributed by atoms with E-state index in [0.29, 0.717) is 43.8 Å². The summed E-state index contributed by atoms with van der Waals surface area (Å²) in [4.78, 5) is 37.1. The van der Waals surface area contributed by atoms with E-state index in [4.69, 9.17) is 16.3 Å². The Morgan fingerprint density at radius 3 is 2.71 bits per heavy atom. The second-order valence-electron chi connectivity index (χ2n) is 7.46. The van der Waals surface area contributed by atoms with Gasteiger partial charge >= 0.3 is 17.9 Å². The number of ether oxygens (including phenoxy) is 1. The van der Waals surface area contributed by atoms with E-state index in [2.05, 4.69) is 42.0 Å². The van der Waals surface area contributed by atoms with Crippen LogP contribution >= 0.6 is 27.5 Å². The molecule has 0 unspecified atom stereocenters. The second-order valence-corrected chi connectivity index (χ2v) is 8.72. The van der Waals surface area contributed by atoms with E-state index in [1.54, 1.807) is 6.92 Å². The highest BCUT2D eigenvalue weighted by Crippen LogP contribution is 2.36. The Bertz CT molecular complexity index is 936. The first-order valence-electron chi connectivity index (χ1n) is 9.62. The fourth-order valence-corrected chi connectivity index (χ4v) is 4.32. The summed E-state index contributed by atoms with van der Waals surface area (Å²) in [5, 5.41) is 9.27. The third-order valence-corrected chi connectivity index (χ3v) is 6.17. The lowest BCUT2D eigenvalue weighted by molar-refractivity contribution is -0.139. The van der Waals surface area contributed by atoms with Gasteiger partial charge in [0.1, 0.15) is 11.5 Å². The Morgan fingerprint density at radius 2 is 2.06 bits per heavy atom. The van der Waals surface area contributed by atoms with E-state index in [-0.39, 0.29) is 15.5 Å². The number of hydrogen-bond donors (Lipinski definition) is 3. The molecule has 168 valence electrons. The van der Waals surface area contributed by atoms with Gasteiger partial charge < -0.3 is 20.3 Å². The molecule has 12 heteroatoms. The van der Waals surface area contributed by atoms with Gasteiger partial charge in [-0.25, -0.2) is 14.6 Å². The van der Waals surface area contributed by atoms with Gasteiger partial charge in [-0.2, -0.15) is 5.10 Å². The molecule has 0 bridgehead atoms. The molecule has 3 rings (SSSR count). The lowest BCUT2D eigenvalue weighted by Gasteiger charge is -2.43. The number of likely N-dealkylation sites (N-methyl/N-ethyl adjacent to an activating group) is 1. The largest absolute Gasteiger partial charge is 0.435 e. The van der Waals surface area contributed by atoms with Crippen molar-refractivity contribution in [2.75, 3.05) is 26.7 Å². The van der Waals surface area contributed by atoms with Gasteiger partial charge in [-0.15, -0.1) is 0 Å². The lowest BCUT2D eigenvalue weighted by Crippen LogP contribution is -2.57. The van der Waals surface area contributed by atoms with Gasteiger partial charge in [0.25, 0.3) is 0 Å². The number of hydrazone groups is 1. The van der Waals surface area contributed by atoms with E-state index in [9.17, 15) is 18.8 Å². The summed E-state index contributed by atoms with van der Waals surface area (Å²) in [5.41, 5.74) is 2.20. The number of carbonyl (C=O) groups excluding carboxylic acids is 3. The molecule has 31 heavy (non-hydrogen) atoms. The van der Waals surface area contributed by atoms with Crippen molar-refractivity contribution in [3.63, 3.8) is 0 Å². The van der Waals surface area contributed by atoms with E-state index in [0.717, 1.165) is 0 Å². The Labute approximate surface area is 191 Å². The number of halogens is 3. The third-order valence-electron chi connectivity index (χ3n) is 5.25. The molecule has 2 heterocycles. The number of rotatable bonds is 4. The molecule has 9 nitrogen and oxygen atoms in total. The minimum atomic E-state index is -1.01. The molecule has 1 spiro atoms. The zero-order chi connectivity index (χ0) is 22.8. The van der Waals surface area contributed by atoms with Crippen LogP contribution < -0.4 is 16.1 Å². The normalized spacial score (nSPS) is 19.1. The monoisotopic (exact) mass is 517 g/mol. The van der Waals surface area contributed by atoms with Crippen molar-refractivity contribution in [2.24, 2.45) is 5.10 Å². The van der Waals surface area contributed by atoms with Crippen molar-refractivity contribution in [1.29, 1.82) is 0 Å². The summed E-state index contributed by atoms with van der Waals surface area (Å²) in [5.74, 6) is -1.90. The van der Waals surface area contributed by atoms with Gasteiger partial charge in [0.2, 0.25) is 0 Å². The zero-order valence-corrected chi connectivity index (χ0v) is 19.3. The maximum Gasteiger partial charge on any atom is 0.428 e. The minimum Gasteiger partial charge on any atom is -0.435 e. The van der Waals surface area contributed by atoms with Gasteiger partial charge in [0.05, 0.1) is 9.50 Å². The van der Waals surface area contributed by atoms with Gasteiger partial charge in [-0.3, -0.25) is 9.59 Å². The number of benzene rings is 1. The number of hydrogen-bond acceptors (Lipinski definition) is 6. The Kier molecular flexibility index (Phi) is 7.17. The maximum absolute atomic E-state index is 13.8. The molecular weight excluding hydrogens is 497 g/mol. The first kappa shape index (κ1) is 23.4. The highest BCUT2D eigenvalue weighted by atomic mass is 79.9. The number of amides is 3. The number of likely N-dealkylation sites (tertiary alicyclic amines) is 1. The Morgan fingerprint density at radius 1 is 1.39 bits per heavy atom. The summed E-state index contributed by atoms with van der Waals surface area (Å²) >= 11 is 9.42. The van der Waals surface area contributed by atoms with Crippen molar-refractivity contribution in [1.82, 2.24) is 21.0 Å². The SMILES string of the molecule is CNC(=O)C(=O)N[C@@H](C)CN1CCC2(CC1)OC(=O)NN=C2c1cc(Br)c(F)cc1Cl. The zero-order valence-electron chi connectivity index (χ0n) is 16.9. The summed E-state index contributed by atoms with van der Waals surface area (Å²) < 4.78 is 19.7. The van der Waals surface area contributed by atoms with Gasteiger partial charge in [-0.05, 0) is 35.0 Å². The van der Waals surface area contributed by atoms with E-state index in [1.807, 2.05) is 0 Å². The molecule has 1 atom stereocenters. The summed E-state index contributed by atoms with van der Waals surface area (Å²) in [6.07, 6.45) is 0.196.